The number of amides is 1. The maximum atomic E-state index is 11.5. The van der Waals surface area contributed by atoms with E-state index in [-0.39, 0.29) is 12.5 Å². The summed E-state index contributed by atoms with van der Waals surface area (Å²) in [5, 5.41) is 2.49. The van der Waals surface area contributed by atoms with E-state index in [1.165, 1.54) is 7.11 Å². The fourth-order valence-corrected chi connectivity index (χ4v) is 1.35. The molecule has 0 atom stereocenters. The molecule has 18 heavy (non-hydrogen) atoms. The number of hydrogen-bond acceptors (Lipinski definition) is 4. The topological polar surface area (TPSA) is 64.6 Å². The van der Waals surface area contributed by atoms with Gasteiger partial charge in [-0.25, -0.2) is 4.79 Å². The lowest BCUT2D eigenvalue weighted by atomic mass is 10.3. The molecule has 5 heteroatoms. The minimum absolute atomic E-state index is 0.142. The van der Waals surface area contributed by atoms with Gasteiger partial charge in [0.25, 0.3) is 0 Å². The Hall–Kier alpha value is -2.04. The first-order valence-electron chi connectivity index (χ1n) is 5.77. The Labute approximate surface area is 106 Å². The molecule has 1 aromatic rings. The molecular weight excluding hydrogens is 234 g/mol. The van der Waals surface area contributed by atoms with Crippen LogP contribution in [0.15, 0.2) is 24.3 Å². The lowest BCUT2D eigenvalue weighted by molar-refractivity contribution is -0.135. The molecule has 0 aliphatic carbocycles. The number of methoxy groups -OCH3 is 1. The van der Waals surface area contributed by atoms with Crippen molar-refractivity contribution in [1.29, 1.82) is 0 Å². The maximum Gasteiger partial charge on any atom is 0.330 e. The summed E-state index contributed by atoms with van der Waals surface area (Å²) in [5.74, 6) is 0.138. The summed E-state index contributed by atoms with van der Waals surface area (Å²) in [6, 6.07) is 6.84. The molecule has 1 rings (SSSR count). The first kappa shape index (κ1) is 14.0. The highest BCUT2D eigenvalue weighted by Gasteiger charge is 2.10. The van der Waals surface area contributed by atoms with E-state index in [0.717, 1.165) is 6.42 Å². The molecule has 0 spiro atoms. The highest BCUT2D eigenvalue weighted by molar-refractivity contribution is 5.83. The number of nitrogens with one attached hydrogen (secondary N) is 1. The number of para-hydroxylation sites is 2. The van der Waals surface area contributed by atoms with Crippen LogP contribution in [-0.4, -0.2) is 25.5 Å². The molecule has 0 saturated heterocycles. The normalized spacial score (nSPS) is 9.67. The van der Waals surface area contributed by atoms with Gasteiger partial charge in [0, 0.05) is 6.42 Å². The number of carbonyl (C=O) groups is 2. The zero-order chi connectivity index (χ0) is 13.4. The second kappa shape index (κ2) is 7.32. The molecule has 0 heterocycles. The quantitative estimate of drug-likeness (QED) is 0.615. The summed E-state index contributed by atoms with van der Waals surface area (Å²) in [7, 11) is 1.50. The average Bonchev–Trinajstić information content (AvgIpc) is 2.37. The van der Waals surface area contributed by atoms with Crippen LogP contribution in [0.4, 0.5) is 0 Å². The number of carbonyl (C=O) groups excluding carboxylic acids is 2. The Bertz CT molecular complexity index is 417. The molecule has 0 aliphatic heterocycles. The van der Waals surface area contributed by atoms with E-state index in [1.807, 2.05) is 6.92 Å². The van der Waals surface area contributed by atoms with E-state index in [1.54, 1.807) is 24.3 Å². The van der Waals surface area contributed by atoms with E-state index < -0.39 is 5.97 Å². The van der Waals surface area contributed by atoms with E-state index in [2.05, 4.69) is 5.32 Å². The highest BCUT2D eigenvalue weighted by atomic mass is 16.6. The van der Waals surface area contributed by atoms with Crippen LogP contribution in [0.3, 0.4) is 0 Å². The van der Waals surface area contributed by atoms with Crippen LogP contribution < -0.4 is 14.8 Å². The first-order valence-corrected chi connectivity index (χ1v) is 5.77. The molecule has 1 N–H and O–H groups in total. The summed E-state index contributed by atoms with van der Waals surface area (Å²) < 4.78 is 10.1. The Balaban J connectivity index is 2.47. The fraction of sp³-hybridized carbons (Fsp3) is 0.385. The maximum absolute atomic E-state index is 11.5. The van der Waals surface area contributed by atoms with Crippen molar-refractivity contribution < 1.29 is 19.1 Å². The Kier molecular flexibility index (Phi) is 5.70. The Morgan fingerprint density at radius 3 is 2.50 bits per heavy atom. The van der Waals surface area contributed by atoms with Crippen molar-refractivity contribution in [3.05, 3.63) is 24.3 Å². The number of esters is 1. The molecule has 0 fully saturated rings. The third-order valence-electron chi connectivity index (χ3n) is 2.20. The van der Waals surface area contributed by atoms with Gasteiger partial charge in [0.1, 0.15) is 6.54 Å². The molecule has 1 amide bonds. The summed E-state index contributed by atoms with van der Waals surface area (Å²) in [6.45, 7) is 1.75. The molecule has 0 saturated carbocycles. The van der Waals surface area contributed by atoms with Crippen molar-refractivity contribution in [2.24, 2.45) is 0 Å². The summed E-state index contributed by atoms with van der Waals surface area (Å²) in [6.07, 6.45) is 1.15. The number of rotatable bonds is 6. The van der Waals surface area contributed by atoms with Crippen LogP contribution in [0.5, 0.6) is 11.5 Å². The zero-order valence-electron chi connectivity index (χ0n) is 10.6. The summed E-state index contributed by atoms with van der Waals surface area (Å²) in [4.78, 5) is 22.7. The van der Waals surface area contributed by atoms with E-state index >= 15 is 0 Å². The van der Waals surface area contributed by atoms with Gasteiger partial charge >= 0.3 is 5.97 Å². The van der Waals surface area contributed by atoms with Crippen LogP contribution >= 0.6 is 0 Å². The van der Waals surface area contributed by atoms with Crippen molar-refractivity contribution in [1.82, 2.24) is 5.32 Å². The molecule has 0 aromatic heterocycles. The number of benzene rings is 1. The third-order valence-corrected chi connectivity index (χ3v) is 2.20. The predicted octanol–water partition coefficient (Wildman–Crippen LogP) is 1.52. The fourth-order valence-electron chi connectivity index (χ4n) is 1.35. The standard InChI is InChI=1S/C13H17NO4/c1-3-6-12(15)14-9-13(16)18-11-8-5-4-7-10(11)17-2/h4-5,7-8H,3,6,9H2,1-2H3,(H,14,15). The van der Waals surface area contributed by atoms with Crippen molar-refractivity contribution in [3.8, 4) is 11.5 Å². The average molecular weight is 251 g/mol. The van der Waals surface area contributed by atoms with Gasteiger partial charge in [0.2, 0.25) is 5.91 Å². The molecule has 0 unspecified atom stereocenters. The van der Waals surface area contributed by atoms with Crippen LogP contribution in [-0.2, 0) is 9.59 Å². The van der Waals surface area contributed by atoms with Crippen molar-refractivity contribution in [3.63, 3.8) is 0 Å². The van der Waals surface area contributed by atoms with Crippen molar-refractivity contribution in [2.45, 2.75) is 19.8 Å². The van der Waals surface area contributed by atoms with Gasteiger partial charge in [-0.1, -0.05) is 19.1 Å². The molecular formula is C13H17NO4. The van der Waals surface area contributed by atoms with E-state index in [0.29, 0.717) is 17.9 Å². The number of hydrogen-bond donors (Lipinski definition) is 1. The molecule has 5 nitrogen and oxygen atoms in total. The van der Waals surface area contributed by atoms with Gasteiger partial charge in [-0.15, -0.1) is 0 Å². The zero-order valence-corrected chi connectivity index (χ0v) is 10.6. The second-order valence-corrected chi connectivity index (χ2v) is 3.65. The van der Waals surface area contributed by atoms with Gasteiger partial charge in [-0.05, 0) is 18.6 Å². The van der Waals surface area contributed by atoms with Gasteiger partial charge in [-0.3, -0.25) is 4.79 Å². The first-order chi connectivity index (χ1) is 8.67. The lowest BCUT2D eigenvalue weighted by Gasteiger charge is -2.09. The molecule has 1 aromatic carbocycles. The largest absolute Gasteiger partial charge is 0.493 e. The lowest BCUT2D eigenvalue weighted by Crippen LogP contribution is -2.31. The highest BCUT2D eigenvalue weighted by Crippen LogP contribution is 2.25. The van der Waals surface area contributed by atoms with Crippen LogP contribution in [0, 0.1) is 0 Å². The summed E-state index contributed by atoms with van der Waals surface area (Å²) >= 11 is 0. The number of ether oxygens (including phenoxy) is 2. The van der Waals surface area contributed by atoms with Crippen LogP contribution in [0.2, 0.25) is 0 Å². The van der Waals surface area contributed by atoms with Gasteiger partial charge in [0.15, 0.2) is 11.5 Å². The Morgan fingerprint density at radius 2 is 1.89 bits per heavy atom. The van der Waals surface area contributed by atoms with Gasteiger partial charge in [-0.2, -0.15) is 0 Å². The van der Waals surface area contributed by atoms with Gasteiger partial charge < -0.3 is 14.8 Å². The van der Waals surface area contributed by atoms with Crippen molar-refractivity contribution >= 4 is 11.9 Å². The molecule has 0 aliphatic rings. The smallest absolute Gasteiger partial charge is 0.330 e. The predicted molar refractivity (Wildman–Crippen MR) is 66.5 cm³/mol. The Morgan fingerprint density at radius 1 is 1.22 bits per heavy atom. The van der Waals surface area contributed by atoms with Gasteiger partial charge in [0.05, 0.1) is 7.11 Å². The minimum Gasteiger partial charge on any atom is -0.493 e. The molecule has 98 valence electrons. The van der Waals surface area contributed by atoms with E-state index in [4.69, 9.17) is 9.47 Å². The monoisotopic (exact) mass is 251 g/mol. The molecule has 0 radical (unpaired) electrons. The van der Waals surface area contributed by atoms with Crippen LogP contribution in [0.1, 0.15) is 19.8 Å². The summed E-state index contributed by atoms with van der Waals surface area (Å²) in [5.41, 5.74) is 0. The second-order valence-electron chi connectivity index (χ2n) is 3.65. The van der Waals surface area contributed by atoms with E-state index in [9.17, 15) is 9.59 Å². The SMILES string of the molecule is CCCC(=O)NCC(=O)Oc1ccccc1OC. The minimum atomic E-state index is -0.524. The third kappa shape index (κ3) is 4.45. The van der Waals surface area contributed by atoms with Crippen molar-refractivity contribution in [2.75, 3.05) is 13.7 Å². The van der Waals surface area contributed by atoms with Crippen LogP contribution in [0.25, 0.3) is 0 Å². The molecule has 0 bridgehead atoms.